The summed E-state index contributed by atoms with van der Waals surface area (Å²) in [6.07, 6.45) is -2.23. The number of amides is 2. The van der Waals surface area contributed by atoms with Gasteiger partial charge < -0.3 is 9.80 Å². The molecule has 152 valence electrons. The Morgan fingerprint density at radius 3 is 2.59 bits per heavy atom. The first-order valence-corrected chi connectivity index (χ1v) is 9.23. The van der Waals surface area contributed by atoms with Crippen molar-refractivity contribution < 1.29 is 22.8 Å². The number of fused-ring (bicyclic) bond motifs is 2. The molecule has 2 aliphatic heterocycles. The Kier molecular flexibility index (Phi) is 4.68. The van der Waals surface area contributed by atoms with Gasteiger partial charge in [-0.1, -0.05) is 12.6 Å². The van der Waals surface area contributed by atoms with E-state index in [0.29, 0.717) is 42.6 Å². The molecule has 2 amide bonds. The maximum Gasteiger partial charge on any atom is 0.416 e. The fourth-order valence-corrected chi connectivity index (χ4v) is 3.84. The molecule has 0 atom stereocenters. The first kappa shape index (κ1) is 19.2. The summed E-state index contributed by atoms with van der Waals surface area (Å²) >= 11 is 0. The molecule has 0 spiro atoms. The third-order valence-corrected chi connectivity index (χ3v) is 5.46. The number of rotatable bonds is 2. The summed E-state index contributed by atoms with van der Waals surface area (Å²) in [4.78, 5) is 28.2. The average Bonchev–Trinajstić information content (AvgIpc) is 3.14. The predicted molar refractivity (Wildman–Crippen MR) is 97.8 cm³/mol. The molecular weight excluding hydrogens is 385 g/mol. The van der Waals surface area contributed by atoms with Crippen LogP contribution in [-0.2, 0) is 36.9 Å². The second-order valence-corrected chi connectivity index (χ2v) is 7.20. The molecule has 2 aliphatic rings. The number of alkyl halides is 3. The summed E-state index contributed by atoms with van der Waals surface area (Å²) in [6, 6.07) is 3.64. The van der Waals surface area contributed by atoms with Gasteiger partial charge in [0.1, 0.15) is 0 Å². The highest BCUT2D eigenvalue weighted by molar-refractivity contribution is 5.94. The van der Waals surface area contributed by atoms with E-state index in [0.717, 1.165) is 17.8 Å². The van der Waals surface area contributed by atoms with Gasteiger partial charge in [0.15, 0.2) is 5.69 Å². The molecule has 6 nitrogen and oxygen atoms in total. The summed E-state index contributed by atoms with van der Waals surface area (Å²) < 4.78 is 38.7. The Bertz CT molecular complexity index is 996. The molecule has 0 radical (unpaired) electrons. The van der Waals surface area contributed by atoms with Crippen LogP contribution in [0, 0.1) is 0 Å². The second-order valence-electron chi connectivity index (χ2n) is 7.20. The van der Waals surface area contributed by atoms with Gasteiger partial charge in [-0.3, -0.25) is 14.7 Å². The lowest BCUT2D eigenvalue weighted by Crippen LogP contribution is -2.38. The smallest absolute Gasteiger partial charge is 0.334 e. The van der Waals surface area contributed by atoms with Crippen LogP contribution < -0.4 is 0 Å². The minimum atomic E-state index is -4.38. The van der Waals surface area contributed by atoms with E-state index in [1.165, 1.54) is 12.1 Å². The van der Waals surface area contributed by atoms with Crippen molar-refractivity contribution in [2.45, 2.75) is 32.1 Å². The highest BCUT2D eigenvalue weighted by atomic mass is 19.4. The molecule has 2 aromatic rings. The summed E-state index contributed by atoms with van der Waals surface area (Å²) in [5, 5.41) is 7.05. The van der Waals surface area contributed by atoms with Gasteiger partial charge in [0.05, 0.1) is 12.1 Å². The predicted octanol–water partition coefficient (Wildman–Crippen LogP) is 2.70. The molecule has 9 heteroatoms. The number of nitrogens with one attached hydrogen (secondary N) is 1. The van der Waals surface area contributed by atoms with Gasteiger partial charge >= 0.3 is 6.18 Å². The molecule has 1 aromatic heterocycles. The van der Waals surface area contributed by atoms with Crippen LogP contribution in [0.3, 0.4) is 0 Å². The number of benzene rings is 1. The van der Waals surface area contributed by atoms with Crippen LogP contribution in [0.5, 0.6) is 0 Å². The standard InChI is InChI=1S/C20H19F3N4O2/c1-2-17(28)26-8-6-16-15(11-26)18(25-24-16)19(29)27-7-5-12-9-14(20(21,22)23)4-3-13(12)10-27/h2-4,9H,1,5-8,10-11H2,(H,24,25). The molecule has 0 fully saturated rings. The van der Waals surface area contributed by atoms with Gasteiger partial charge in [0, 0.05) is 37.3 Å². The van der Waals surface area contributed by atoms with Crippen LogP contribution in [0.15, 0.2) is 30.9 Å². The van der Waals surface area contributed by atoms with Crippen LogP contribution in [-0.4, -0.2) is 44.9 Å². The van der Waals surface area contributed by atoms with Crippen molar-refractivity contribution in [1.29, 1.82) is 0 Å². The van der Waals surface area contributed by atoms with E-state index in [2.05, 4.69) is 16.8 Å². The summed E-state index contributed by atoms with van der Waals surface area (Å²) in [6.45, 7) is 4.82. The summed E-state index contributed by atoms with van der Waals surface area (Å²) in [5.74, 6) is -0.497. The average molecular weight is 404 g/mol. The number of aromatic nitrogens is 2. The maximum atomic E-state index is 13.1. The SMILES string of the molecule is C=CC(=O)N1CCc2[nH]nc(C(=O)N3CCc4cc(C(F)(F)F)ccc4C3)c2C1. The van der Waals surface area contributed by atoms with E-state index < -0.39 is 11.7 Å². The van der Waals surface area contributed by atoms with Crippen molar-refractivity contribution in [2.24, 2.45) is 0 Å². The fourth-order valence-electron chi connectivity index (χ4n) is 3.84. The van der Waals surface area contributed by atoms with E-state index in [1.54, 1.807) is 9.80 Å². The van der Waals surface area contributed by atoms with E-state index >= 15 is 0 Å². The van der Waals surface area contributed by atoms with Crippen molar-refractivity contribution in [3.8, 4) is 0 Å². The first-order chi connectivity index (χ1) is 13.8. The minimum absolute atomic E-state index is 0.206. The van der Waals surface area contributed by atoms with Crippen LogP contribution in [0.1, 0.15) is 38.4 Å². The lowest BCUT2D eigenvalue weighted by atomic mass is 9.96. The Hall–Kier alpha value is -3.10. The highest BCUT2D eigenvalue weighted by Crippen LogP contribution is 2.32. The van der Waals surface area contributed by atoms with E-state index in [9.17, 15) is 22.8 Å². The maximum absolute atomic E-state index is 13.1. The van der Waals surface area contributed by atoms with Crippen LogP contribution in [0.2, 0.25) is 0 Å². The van der Waals surface area contributed by atoms with Gasteiger partial charge in [-0.05, 0) is 35.8 Å². The van der Waals surface area contributed by atoms with Crippen molar-refractivity contribution >= 4 is 11.8 Å². The van der Waals surface area contributed by atoms with Crippen molar-refractivity contribution in [1.82, 2.24) is 20.0 Å². The number of hydrogen-bond acceptors (Lipinski definition) is 3. The van der Waals surface area contributed by atoms with Gasteiger partial charge in [-0.15, -0.1) is 0 Å². The molecule has 1 N–H and O–H groups in total. The van der Waals surface area contributed by atoms with Crippen molar-refractivity contribution in [3.05, 3.63) is 64.5 Å². The van der Waals surface area contributed by atoms with Crippen LogP contribution in [0.4, 0.5) is 13.2 Å². The number of carbonyl (C=O) groups excluding carboxylic acids is 2. The lowest BCUT2D eigenvalue weighted by molar-refractivity contribution is -0.137. The third-order valence-electron chi connectivity index (χ3n) is 5.46. The Labute approximate surface area is 165 Å². The van der Waals surface area contributed by atoms with Gasteiger partial charge in [-0.25, -0.2) is 0 Å². The third kappa shape index (κ3) is 3.52. The zero-order chi connectivity index (χ0) is 20.8. The molecule has 0 saturated heterocycles. The number of nitrogens with zero attached hydrogens (tertiary/aromatic N) is 3. The zero-order valence-corrected chi connectivity index (χ0v) is 15.6. The molecular formula is C20H19F3N4O2. The Balaban J connectivity index is 1.55. The fraction of sp³-hybridized carbons (Fsp3) is 0.350. The normalized spacial score (nSPS) is 16.2. The van der Waals surface area contributed by atoms with Crippen molar-refractivity contribution in [3.63, 3.8) is 0 Å². The summed E-state index contributed by atoms with van der Waals surface area (Å²) in [7, 11) is 0. The number of halogens is 3. The van der Waals surface area contributed by atoms with Crippen LogP contribution in [0.25, 0.3) is 0 Å². The molecule has 0 saturated carbocycles. The summed E-state index contributed by atoms with van der Waals surface area (Å²) in [5.41, 5.74) is 2.41. The molecule has 0 unspecified atom stereocenters. The molecule has 29 heavy (non-hydrogen) atoms. The molecule has 0 aliphatic carbocycles. The highest BCUT2D eigenvalue weighted by Gasteiger charge is 2.33. The van der Waals surface area contributed by atoms with E-state index in [1.807, 2.05) is 0 Å². The van der Waals surface area contributed by atoms with E-state index in [4.69, 9.17) is 0 Å². The number of carbonyl (C=O) groups is 2. The number of hydrogen-bond donors (Lipinski definition) is 1. The molecule has 4 rings (SSSR count). The zero-order valence-electron chi connectivity index (χ0n) is 15.6. The second kappa shape index (κ2) is 7.06. The van der Waals surface area contributed by atoms with Crippen molar-refractivity contribution in [2.75, 3.05) is 13.1 Å². The van der Waals surface area contributed by atoms with Crippen LogP contribution >= 0.6 is 0 Å². The molecule has 1 aromatic carbocycles. The van der Waals surface area contributed by atoms with E-state index in [-0.39, 0.29) is 30.6 Å². The van der Waals surface area contributed by atoms with Gasteiger partial charge in [0.2, 0.25) is 5.91 Å². The monoisotopic (exact) mass is 404 g/mol. The Morgan fingerprint density at radius 1 is 1.10 bits per heavy atom. The number of H-pyrrole nitrogens is 1. The largest absolute Gasteiger partial charge is 0.416 e. The topological polar surface area (TPSA) is 69.3 Å². The Morgan fingerprint density at radius 2 is 1.86 bits per heavy atom. The molecule has 3 heterocycles. The van der Waals surface area contributed by atoms with Gasteiger partial charge in [0.25, 0.3) is 5.91 Å². The quantitative estimate of drug-likeness (QED) is 0.783. The minimum Gasteiger partial charge on any atom is -0.334 e. The van der Waals surface area contributed by atoms with Gasteiger partial charge in [-0.2, -0.15) is 18.3 Å². The molecule has 0 bridgehead atoms. The lowest BCUT2D eigenvalue weighted by Gasteiger charge is -2.30. The number of aromatic amines is 1. The first-order valence-electron chi connectivity index (χ1n) is 9.23.